The number of aryl methyl sites for hydroxylation is 1. The van der Waals surface area contributed by atoms with Crippen molar-refractivity contribution in [1.82, 2.24) is 4.57 Å². The van der Waals surface area contributed by atoms with E-state index in [-0.39, 0.29) is 29.0 Å². The van der Waals surface area contributed by atoms with E-state index in [1.807, 2.05) is 17.7 Å². The molecule has 2 bridgehead atoms. The first-order chi connectivity index (χ1) is 17.2. The van der Waals surface area contributed by atoms with E-state index in [2.05, 4.69) is 47.7 Å². The van der Waals surface area contributed by atoms with Crippen LogP contribution in [0.5, 0.6) is 6.01 Å². The number of fused-ring (bicyclic) bond motifs is 4. The third kappa shape index (κ3) is 7.17. The van der Waals surface area contributed by atoms with E-state index in [1.165, 1.54) is 0 Å². The molecule has 0 spiro atoms. The molecule has 0 aromatic carbocycles. The van der Waals surface area contributed by atoms with Crippen molar-refractivity contribution in [3.05, 3.63) is 22.1 Å². The van der Waals surface area contributed by atoms with Crippen LogP contribution in [0, 0.1) is 12.8 Å². The highest BCUT2D eigenvalue weighted by Crippen LogP contribution is 2.45. The second-order valence-corrected chi connectivity index (χ2v) is 17.3. The lowest BCUT2D eigenvalue weighted by Gasteiger charge is -2.43. The second kappa shape index (κ2) is 11.9. The third-order valence-corrected chi connectivity index (χ3v) is 13.1. The quantitative estimate of drug-likeness (QED) is 0.139. The number of ether oxygens (including phenoxy) is 2. The molecule has 0 saturated carbocycles. The topological polar surface area (TPSA) is 111 Å². The van der Waals surface area contributed by atoms with E-state index in [1.54, 1.807) is 4.57 Å². The molecule has 0 amide bonds. The zero-order valence-corrected chi connectivity index (χ0v) is 25.2. The molecule has 1 saturated heterocycles. The standard InChI is InChI=1S/C23H41N2O4Si.CHF3O3S/c1-9-10-11-12-24-21(26)17(4)14-25-20-13-18(29-22(24)25)19(28-20)15-27-30(7,8)23(5,6)16(2)3;2-1(3,4)8(5,6)7/h14,16,18-20H,9-13,15H2,1-8H3;(H,5,6,7)/q+1;/p-1/t18-,19-,20-;/m1./s1. The molecular weight excluding hydrogens is 545 g/mol. The maximum atomic E-state index is 12.8. The number of hydrogen-bond acceptors (Lipinski definition) is 7. The molecule has 0 unspecified atom stereocenters. The van der Waals surface area contributed by atoms with Crippen molar-refractivity contribution in [3.63, 3.8) is 0 Å². The Bertz CT molecular complexity index is 1140. The summed E-state index contributed by atoms with van der Waals surface area (Å²) in [4.78, 5) is 12.8. The fourth-order valence-corrected chi connectivity index (χ4v) is 6.60. The molecule has 3 heterocycles. The molecular formula is C24H41F3N2O7SSi. The first-order valence-electron chi connectivity index (χ1n) is 12.9. The van der Waals surface area contributed by atoms with Gasteiger partial charge in [-0.25, -0.2) is 13.2 Å². The predicted octanol–water partition coefficient (Wildman–Crippen LogP) is 4.39. The average molecular weight is 587 g/mol. The molecule has 1 fully saturated rings. The Balaban J connectivity index is 0.000000550. The van der Waals surface area contributed by atoms with Gasteiger partial charge in [-0.1, -0.05) is 41.0 Å². The minimum atomic E-state index is -6.09. The van der Waals surface area contributed by atoms with Crippen LogP contribution in [-0.4, -0.2) is 50.2 Å². The van der Waals surface area contributed by atoms with Crippen molar-refractivity contribution in [1.29, 1.82) is 0 Å². The Morgan fingerprint density at radius 2 is 1.84 bits per heavy atom. The van der Waals surface area contributed by atoms with Crippen molar-refractivity contribution in [2.75, 3.05) is 6.61 Å². The van der Waals surface area contributed by atoms with Gasteiger partial charge in [0.15, 0.2) is 18.4 Å². The summed E-state index contributed by atoms with van der Waals surface area (Å²) < 4.78 is 82.0. The predicted molar refractivity (Wildman–Crippen MR) is 136 cm³/mol. The second-order valence-electron chi connectivity index (χ2n) is 11.3. The van der Waals surface area contributed by atoms with Gasteiger partial charge in [0.25, 0.3) is 0 Å². The molecule has 2 aliphatic rings. The van der Waals surface area contributed by atoms with Crippen LogP contribution >= 0.6 is 0 Å². The van der Waals surface area contributed by atoms with Crippen LogP contribution in [0.25, 0.3) is 0 Å². The van der Waals surface area contributed by atoms with Crippen molar-refractivity contribution in [3.8, 4) is 6.01 Å². The first-order valence-corrected chi connectivity index (χ1v) is 17.2. The molecule has 0 N–H and O–H groups in total. The fraction of sp³-hybridized carbons (Fsp3) is 0.833. The fourth-order valence-electron chi connectivity index (χ4n) is 4.26. The van der Waals surface area contributed by atoms with Crippen LogP contribution in [0.4, 0.5) is 13.2 Å². The minimum Gasteiger partial charge on any atom is -0.741 e. The summed E-state index contributed by atoms with van der Waals surface area (Å²) in [6, 6.07) is 0.643. The number of aromatic nitrogens is 2. The molecule has 0 aliphatic carbocycles. The minimum absolute atomic E-state index is 0.0404. The number of nitrogens with zero attached hydrogens (tertiary/aromatic N) is 2. The van der Waals surface area contributed by atoms with Crippen molar-refractivity contribution >= 4 is 18.4 Å². The van der Waals surface area contributed by atoms with Gasteiger partial charge in [-0.15, -0.1) is 0 Å². The third-order valence-electron chi connectivity index (χ3n) is 7.99. The van der Waals surface area contributed by atoms with Gasteiger partial charge in [0, 0.05) is 0 Å². The van der Waals surface area contributed by atoms with E-state index in [0.29, 0.717) is 25.1 Å². The summed E-state index contributed by atoms with van der Waals surface area (Å²) >= 11 is 0. The molecule has 220 valence electrons. The van der Waals surface area contributed by atoms with E-state index in [0.717, 1.165) is 31.2 Å². The van der Waals surface area contributed by atoms with Crippen LogP contribution in [0.3, 0.4) is 0 Å². The average Bonchev–Trinajstić information content (AvgIpc) is 3.11. The first kappa shape index (κ1) is 32.7. The maximum Gasteiger partial charge on any atom is 0.485 e. The van der Waals surface area contributed by atoms with Crippen molar-refractivity contribution < 1.29 is 44.6 Å². The summed E-state index contributed by atoms with van der Waals surface area (Å²) in [5, 5.41) is 0.163. The van der Waals surface area contributed by atoms with Gasteiger partial charge in [-0.2, -0.15) is 22.3 Å². The Hall–Kier alpha value is -1.48. The summed E-state index contributed by atoms with van der Waals surface area (Å²) in [6.45, 7) is 19.0. The van der Waals surface area contributed by atoms with Crippen LogP contribution in [-0.2, 0) is 25.8 Å². The van der Waals surface area contributed by atoms with E-state index >= 15 is 0 Å². The molecule has 2 aliphatic heterocycles. The monoisotopic (exact) mass is 586 g/mol. The largest absolute Gasteiger partial charge is 0.741 e. The summed E-state index contributed by atoms with van der Waals surface area (Å²) in [7, 11) is -8.02. The van der Waals surface area contributed by atoms with E-state index in [9.17, 15) is 18.0 Å². The van der Waals surface area contributed by atoms with Crippen LogP contribution in [0.15, 0.2) is 11.0 Å². The highest BCUT2D eigenvalue weighted by molar-refractivity contribution is 7.86. The molecule has 3 rings (SSSR count). The molecule has 14 heteroatoms. The molecule has 0 radical (unpaired) electrons. The molecule has 3 atom stereocenters. The van der Waals surface area contributed by atoms with Gasteiger partial charge < -0.3 is 18.5 Å². The Labute approximate surface area is 224 Å². The zero-order chi connectivity index (χ0) is 29.3. The summed E-state index contributed by atoms with van der Waals surface area (Å²) in [5.74, 6) is 0.555. The highest BCUT2D eigenvalue weighted by Gasteiger charge is 2.50. The van der Waals surface area contributed by atoms with Crippen LogP contribution < -0.4 is 14.9 Å². The Morgan fingerprint density at radius 1 is 1.26 bits per heavy atom. The molecule has 38 heavy (non-hydrogen) atoms. The maximum absolute atomic E-state index is 12.8. The summed E-state index contributed by atoms with van der Waals surface area (Å²) in [5.41, 5.74) is -4.88. The lowest BCUT2D eigenvalue weighted by Crippen LogP contribution is -2.50. The lowest BCUT2D eigenvalue weighted by molar-refractivity contribution is -0.770. The Kier molecular flexibility index (Phi) is 10.3. The smallest absolute Gasteiger partial charge is 0.485 e. The zero-order valence-electron chi connectivity index (χ0n) is 23.4. The van der Waals surface area contributed by atoms with E-state index in [4.69, 9.17) is 26.9 Å². The van der Waals surface area contributed by atoms with Crippen LogP contribution in [0.2, 0.25) is 18.1 Å². The van der Waals surface area contributed by atoms with Gasteiger partial charge in [0.1, 0.15) is 18.4 Å². The molecule has 1 aromatic rings. The number of rotatable bonds is 9. The van der Waals surface area contributed by atoms with E-state index < -0.39 is 23.9 Å². The normalized spacial score (nSPS) is 21.6. The summed E-state index contributed by atoms with van der Waals surface area (Å²) in [6.07, 6.45) is 5.62. The van der Waals surface area contributed by atoms with Crippen molar-refractivity contribution in [2.24, 2.45) is 5.92 Å². The number of hydrogen-bond donors (Lipinski definition) is 0. The highest BCUT2D eigenvalue weighted by atomic mass is 32.2. The molecule has 9 nitrogen and oxygen atoms in total. The Morgan fingerprint density at radius 3 is 2.34 bits per heavy atom. The SMILES string of the molecule is CCCCCn1c2[n+](cc(C)c1=O)[C@H]1C[C@@H](O2)[C@@H](CO[Si](C)(C)C(C)(C)C(C)C)O1.O=S(=O)([O-])C(F)(F)F. The van der Waals surface area contributed by atoms with Crippen molar-refractivity contribution in [2.45, 2.75) is 116 Å². The van der Waals surface area contributed by atoms with Gasteiger partial charge in [-0.05, 0) is 43.8 Å². The molecule has 1 aromatic heterocycles. The number of halogens is 3. The van der Waals surface area contributed by atoms with Gasteiger partial charge in [0.2, 0.25) is 6.23 Å². The lowest BCUT2D eigenvalue weighted by atomic mass is 9.99. The number of unbranched alkanes of at least 4 members (excludes halogenated alkanes) is 2. The number of alkyl halides is 3. The van der Waals surface area contributed by atoms with Gasteiger partial charge in [0.05, 0.1) is 25.1 Å². The van der Waals surface area contributed by atoms with Gasteiger partial charge >= 0.3 is 17.1 Å². The van der Waals surface area contributed by atoms with Gasteiger partial charge in [-0.3, -0.25) is 0 Å². The van der Waals surface area contributed by atoms with Crippen LogP contribution in [0.1, 0.15) is 72.1 Å².